The molecule has 10 aromatic carbocycles. The highest BCUT2D eigenvalue weighted by molar-refractivity contribution is 6.17. The van der Waals surface area contributed by atoms with Gasteiger partial charge in [-0.25, -0.2) is 0 Å². The molecule has 0 fully saturated rings. The van der Waals surface area contributed by atoms with Gasteiger partial charge < -0.3 is 9.47 Å². The summed E-state index contributed by atoms with van der Waals surface area (Å²) in [4.78, 5) is 2.43. The van der Waals surface area contributed by atoms with E-state index in [1.54, 1.807) is 0 Å². The molecule has 0 bridgehead atoms. The number of aromatic nitrogens is 1. The lowest BCUT2D eigenvalue weighted by Gasteiger charge is -2.28. The molecule has 1 heterocycles. The normalized spacial score (nSPS) is 11.2. The molecule has 2 nitrogen and oxygen atoms in total. The summed E-state index contributed by atoms with van der Waals surface area (Å²) in [6, 6.07) is 92.0. The molecular weight excluding hydrogens is 749 g/mol. The third-order valence-electron chi connectivity index (χ3n) is 12.0. The van der Waals surface area contributed by atoms with Gasteiger partial charge in [-0.1, -0.05) is 194 Å². The highest BCUT2D eigenvalue weighted by Crippen LogP contribution is 2.46. The van der Waals surface area contributed by atoms with E-state index in [-0.39, 0.29) is 0 Å². The standard InChI is InChI=1S/C60H42N2/c1-5-19-43(20-6-1)47-25-17-28-51(41-47)61(50-38-35-44(36-39-50)48-37-40-52(45-21-7-2-8-22-45)56(42-48)46-23-9-3-10-24-46)57-32-15-13-29-53(57)54-31-18-34-59-60(54)55-30-14-16-33-58(55)62(59)49-26-11-4-12-27-49/h1-42H. The minimum absolute atomic E-state index is 1.08. The average Bonchev–Trinajstić information content (AvgIpc) is 3.70. The fourth-order valence-electron chi connectivity index (χ4n) is 9.13. The second-order valence-electron chi connectivity index (χ2n) is 15.7. The Balaban J connectivity index is 1.08. The van der Waals surface area contributed by atoms with Crippen LogP contribution in [0, 0.1) is 0 Å². The molecule has 0 aliphatic heterocycles. The maximum absolute atomic E-state index is 2.43. The Hall–Kier alpha value is -8.20. The van der Waals surface area contributed by atoms with Crippen molar-refractivity contribution in [2.24, 2.45) is 0 Å². The lowest BCUT2D eigenvalue weighted by molar-refractivity contribution is 1.18. The number of hydrogen-bond acceptors (Lipinski definition) is 1. The van der Waals surface area contributed by atoms with E-state index in [9.17, 15) is 0 Å². The molecule has 2 heteroatoms. The lowest BCUT2D eigenvalue weighted by Crippen LogP contribution is -2.11. The van der Waals surface area contributed by atoms with E-state index in [1.807, 2.05) is 0 Å². The Morgan fingerprint density at radius 1 is 0.274 bits per heavy atom. The number of anilines is 3. The van der Waals surface area contributed by atoms with Crippen LogP contribution in [0.25, 0.3) is 83.1 Å². The maximum Gasteiger partial charge on any atom is 0.0547 e. The molecule has 0 atom stereocenters. The van der Waals surface area contributed by atoms with E-state index in [2.05, 4.69) is 264 Å². The van der Waals surface area contributed by atoms with Crippen molar-refractivity contribution in [3.8, 4) is 61.3 Å². The van der Waals surface area contributed by atoms with Crippen molar-refractivity contribution >= 4 is 38.9 Å². The topological polar surface area (TPSA) is 8.17 Å². The summed E-state index contributed by atoms with van der Waals surface area (Å²) >= 11 is 0. The van der Waals surface area contributed by atoms with Gasteiger partial charge in [-0.3, -0.25) is 0 Å². The summed E-state index contributed by atoms with van der Waals surface area (Å²) in [7, 11) is 0. The number of para-hydroxylation sites is 3. The van der Waals surface area contributed by atoms with Crippen LogP contribution in [0.2, 0.25) is 0 Å². The Morgan fingerprint density at radius 2 is 0.790 bits per heavy atom. The molecule has 11 rings (SSSR count). The summed E-state index contributed by atoms with van der Waals surface area (Å²) in [5.41, 5.74) is 18.7. The minimum Gasteiger partial charge on any atom is -0.310 e. The van der Waals surface area contributed by atoms with E-state index in [4.69, 9.17) is 0 Å². The summed E-state index contributed by atoms with van der Waals surface area (Å²) < 4.78 is 2.40. The zero-order valence-electron chi connectivity index (χ0n) is 34.1. The van der Waals surface area contributed by atoms with E-state index in [0.717, 1.165) is 33.9 Å². The Kier molecular flexibility index (Phi) is 9.57. The van der Waals surface area contributed by atoms with Gasteiger partial charge in [-0.05, 0) is 111 Å². The summed E-state index contributed by atoms with van der Waals surface area (Å²) in [6.07, 6.45) is 0. The molecule has 0 amide bonds. The smallest absolute Gasteiger partial charge is 0.0547 e. The molecule has 0 saturated heterocycles. The molecule has 0 aliphatic carbocycles. The van der Waals surface area contributed by atoms with Crippen LogP contribution in [0.4, 0.5) is 17.1 Å². The predicted octanol–water partition coefficient (Wildman–Crippen LogP) is 16.6. The first-order valence-electron chi connectivity index (χ1n) is 21.3. The molecule has 0 saturated carbocycles. The fraction of sp³-hybridized carbons (Fsp3) is 0. The van der Waals surface area contributed by atoms with Crippen LogP contribution < -0.4 is 4.90 Å². The van der Waals surface area contributed by atoms with E-state index in [1.165, 1.54) is 66.3 Å². The monoisotopic (exact) mass is 790 g/mol. The quantitative estimate of drug-likeness (QED) is 0.141. The zero-order valence-corrected chi connectivity index (χ0v) is 34.1. The SMILES string of the molecule is c1ccc(-c2cccc(N(c3ccc(-c4ccc(-c5ccccc5)c(-c5ccccc5)c4)cc3)c3ccccc3-c3cccc4c3c3ccccc3n4-c3ccccc3)c2)cc1. The molecule has 292 valence electrons. The van der Waals surface area contributed by atoms with Gasteiger partial charge in [0.25, 0.3) is 0 Å². The molecule has 0 unspecified atom stereocenters. The van der Waals surface area contributed by atoms with Gasteiger partial charge in [0, 0.05) is 33.4 Å². The first-order valence-corrected chi connectivity index (χ1v) is 21.3. The van der Waals surface area contributed by atoms with Crippen molar-refractivity contribution in [1.82, 2.24) is 4.57 Å². The van der Waals surface area contributed by atoms with Crippen LogP contribution in [0.1, 0.15) is 0 Å². The highest BCUT2D eigenvalue weighted by Gasteiger charge is 2.22. The third kappa shape index (κ3) is 6.74. The number of hydrogen-bond donors (Lipinski definition) is 0. The van der Waals surface area contributed by atoms with Crippen molar-refractivity contribution in [3.63, 3.8) is 0 Å². The van der Waals surface area contributed by atoms with Crippen LogP contribution in [0.5, 0.6) is 0 Å². The fourth-order valence-corrected chi connectivity index (χ4v) is 9.13. The van der Waals surface area contributed by atoms with Gasteiger partial charge >= 0.3 is 0 Å². The van der Waals surface area contributed by atoms with Crippen molar-refractivity contribution in [2.75, 3.05) is 4.90 Å². The molecule has 0 aliphatic rings. The molecule has 0 spiro atoms. The third-order valence-corrected chi connectivity index (χ3v) is 12.0. The second-order valence-corrected chi connectivity index (χ2v) is 15.7. The van der Waals surface area contributed by atoms with Crippen LogP contribution in [0.3, 0.4) is 0 Å². The van der Waals surface area contributed by atoms with E-state index >= 15 is 0 Å². The summed E-state index contributed by atoms with van der Waals surface area (Å²) in [5, 5.41) is 2.47. The van der Waals surface area contributed by atoms with Crippen molar-refractivity contribution in [1.29, 1.82) is 0 Å². The van der Waals surface area contributed by atoms with E-state index in [0.29, 0.717) is 0 Å². The highest BCUT2D eigenvalue weighted by atomic mass is 15.1. The van der Waals surface area contributed by atoms with Crippen LogP contribution >= 0.6 is 0 Å². The number of nitrogens with zero attached hydrogens (tertiary/aromatic N) is 2. The zero-order chi connectivity index (χ0) is 41.2. The second kappa shape index (κ2) is 16.1. The Labute approximate surface area is 362 Å². The van der Waals surface area contributed by atoms with Gasteiger partial charge in [-0.2, -0.15) is 0 Å². The molecule has 0 radical (unpaired) electrons. The molecule has 1 aromatic heterocycles. The Bertz CT molecular complexity index is 3310. The molecular formula is C60H42N2. The van der Waals surface area contributed by atoms with Crippen molar-refractivity contribution < 1.29 is 0 Å². The number of rotatable bonds is 9. The van der Waals surface area contributed by atoms with E-state index < -0.39 is 0 Å². The number of benzene rings is 10. The maximum atomic E-state index is 2.43. The molecule has 62 heavy (non-hydrogen) atoms. The average molecular weight is 791 g/mol. The van der Waals surface area contributed by atoms with Gasteiger partial charge in [0.05, 0.1) is 16.7 Å². The van der Waals surface area contributed by atoms with Crippen molar-refractivity contribution in [2.45, 2.75) is 0 Å². The Morgan fingerprint density at radius 3 is 1.53 bits per heavy atom. The first kappa shape index (κ1) is 36.8. The predicted molar refractivity (Wildman–Crippen MR) is 263 cm³/mol. The van der Waals surface area contributed by atoms with Crippen molar-refractivity contribution in [3.05, 3.63) is 255 Å². The number of fused-ring (bicyclic) bond motifs is 3. The van der Waals surface area contributed by atoms with Crippen LogP contribution in [-0.2, 0) is 0 Å². The van der Waals surface area contributed by atoms with Gasteiger partial charge in [-0.15, -0.1) is 0 Å². The summed E-state index contributed by atoms with van der Waals surface area (Å²) in [5.74, 6) is 0. The van der Waals surface area contributed by atoms with Gasteiger partial charge in [0.2, 0.25) is 0 Å². The molecule has 0 N–H and O–H groups in total. The van der Waals surface area contributed by atoms with Gasteiger partial charge in [0.15, 0.2) is 0 Å². The lowest BCUT2D eigenvalue weighted by atomic mass is 9.91. The largest absolute Gasteiger partial charge is 0.310 e. The first-order chi connectivity index (χ1) is 30.8. The molecule has 11 aromatic rings. The summed E-state index contributed by atoms with van der Waals surface area (Å²) in [6.45, 7) is 0. The minimum atomic E-state index is 1.08. The van der Waals surface area contributed by atoms with Crippen LogP contribution in [0.15, 0.2) is 255 Å². The van der Waals surface area contributed by atoms with Gasteiger partial charge in [0.1, 0.15) is 0 Å². The van der Waals surface area contributed by atoms with Crippen LogP contribution in [-0.4, -0.2) is 4.57 Å².